The zero-order valence-electron chi connectivity index (χ0n) is 16.8. The zero-order valence-corrected chi connectivity index (χ0v) is 17.8. The number of carbonyl (C=O) groups excluding carboxylic acids is 2. The van der Waals surface area contributed by atoms with E-state index in [1.54, 1.807) is 0 Å². The highest BCUT2D eigenvalue weighted by atomic mass is 28.3. The van der Waals surface area contributed by atoms with Crippen LogP contribution in [0.15, 0.2) is 30.3 Å². The van der Waals surface area contributed by atoms with Crippen molar-refractivity contribution in [2.24, 2.45) is 0 Å². The van der Waals surface area contributed by atoms with E-state index in [0.29, 0.717) is 32.6 Å². The molecule has 1 unspecified atom stereocenters. The maximum Gasteiger partial charge on any atom is 0.410 e. The van der Waals surface area contributed by atoms with E-state index < -0.39 is 25.7 Å². The highest BCUT2D eigenvalue weighted by Crippen LogP contribution is 2.32. The number of ether oxygens (including phenoxy) is 3. The van der Waals surface area contributed by atoms with Gasteiger partial charge >= 0.3 is 12.1 Å². The topological polar surface area (TPSA) is 65.1 Å². The van der Waals surface area contributed by atoms with Crippen LogP contribution in [0.5, 0.6) is 0 Å². The molecule has 0 spiro atoms. The van der Waals surface area contributed by atoms with Gasteiger partial charge in [-0.15, -0.1) is 0 Å². The molecule has 0 aliphatic carbocycles. The van der Waals surface area contributed by atoms with Gasteiger partial charge in [-0.25, -0.2) is 9.59 Å². The Morgan fingerprint density at radius 3 is 2.52 bits per heavy atom. The number of esters is 1. The lowest BCUT2D eigenvalue weighted by atomic mass is 9.97. The van der Waals surface area contributed by atoms with E-state index in [1.807, 2.05) is 30.3 Å². The maximum absolute atomic E-state index is 12.7. The van der Waals surface area contributed by atoms with Gasteiger partial charge in [-0.05, 0) is 24.4 Å². The monoisotopic (exact) mass is 393 g/mol. The smallest absolute Gasteiger partial charge is 0.410 e. The number of likely N-dealkylation sites (tertiary alicyclic amines) is 1. The molecule has 0 bridgehead atoms. The summed E-state index contributed by atoms with van der Waals surface area (Å²) in [5.41, 5.74) is -0.0977. The molecule has 0 saturated carbocycles. The Labute approximate surface area is 162 Å². The molecular weight excluding hydrogens is 362 g/mol. The van der Waals surface area contributed by atoms with Gasteiger partial charge in [0.25, 0.3) is 0 Å². The van der Waals surface area contributed by atoms with Crippen molar-refractivity contribution in [1.82, 2.24) is 4.90 Å². The fourth-order valence-corrected chi connectivity index (χ4v) is 3.90. The van der Waals surface area contributed by atoms with E-state index in [4.69, 9.17) is 14.2 Å². The summed E-state index contributed by atoms with van der Waals surface area (Å²) >= 11 is 0. The molecule has 1 atom stereocenters. The molecule has 7 heteroatoms. The van der Waals surface area contributed by atoms with Crippen molar-refractivity contribution < 1.29 is 23.8 Å². The average Bonchev–Trinajstić information content (AvgIpc) is 3.06. The number of rotatable bonds is 8. The van der Waals surface area contributed by atoms with Crippen LogP contribution in [0.4, 0.5) is 4.79 Å². The number of hydrogen-bond donors (Lipinski definition) is 0. The molecule has 1 fully saturated rings. The van der Waals surface area contributed by atoms with E-state index in [-0.39, 0.29) is 6.61 Å². The Balaban J connectivity index is 2.03. The second-order valence-electron chi connectivity index (χ2n) is 8.18. The summed E-state index contributed by atoms with van der Waals surface area (Å²) in [6, 6.07) is 10.6. The second kappa shape index (κ2) is 9.37. The van der Waals surface area contributed by atoms with Crippen LogP contribution in [0.25, 0.3) is 0 Å². The number of benzene rings is 1. The van der Waals surface area contributed by atoms with Crippen molar-refractivity contribution in [3.05, 3.63) is 35.9 Å². The SMILES string of the molecule is COC(=O)C1(COCc2ccccc2)CCCN1C(=O)OCC[Si](C)(C)C. The summed E-state index contributed by atoms with van der Waals surface area (Å²) in [5, 5.41) is 0. The van der Waals surface area contributed by atoms with Crippen molar-refractivity contribution in [2.45, 2.75) is 50.7 Å². The number of amides is 1. The second-order valence-corrected chi connectivity index (χ2v) is 13.8. The Bertz CT molecular complexity index is 631. The minimum Gasteiger partial charge on any atom is -0.467 e. The van der Waals surface area contributed by atoms with E-state index in [2.05, 4.69) is 19.6 Å². The van der Waals surface area contributed by atoms with Gasteiger partial charge in [-0.3, -0.25) is 4.90 Å². The van der Waals surface area contributed by atoms with Gasteiger partial charge in [0.1, 0.15) is 0 Å². The van der Waals surface area contributed by atoms with E-state index in [1.165, 1.54) is 12.0 Å². The molecule has 0 aromatic heterocycles. The zero-order chi connectivity index (χ0) is 19.9. The molecule has 1 aromatic rings. The van der Waals surface area contributed by atoms with E-state index in [9.17, 15) is 9.59 Å². The normalized spacial score (nSPS) is 19.8. The van der Waals surface area contributed by atoms with Gasteiger partial charge in [0.15, 0.2) is 5.54 Å². The van der Waals surface area contributed by atoms with Crippen molar-refractivity contribution in [2.75, 3.05) is 26.9 Å². The van der Waals surface area contributed by atoms with Crippen molar-refractivity contribution in [1.29, 1.82) is 0 Å². The van der Waals surface area contributed by atoms with Crippen LogP contribution in [0.2, 0.25) is 25.7 Å². The number of nitrogens with zero attached hydrogens (tertiary/aromatic N) is 1. The molecule has 1 aliphatic rings. The molecule has 6 nitrogen and oxygen atoms in total. The van der Waals surface area contributed by atoms with Gasteiger partial charge in [0.2, 0.25) is 0 Å². The first-order chi connectivity index (χ1) is 12.8. The first-order valence-corrected chi connectivity index (χ1v) is 13.1. The lowest BCUT2D eigenvalue weighted by Crippen LogP contribution is -2.56. The summed E-state index contributed by atoms with van der Waals surface area (Å²) in [6.45, 7) is 8.01. The van der Waals surface area contributed by atoms with Gasteiger partial charge in [-0.1, -0.05) is 50.0 Å². The molecule has 150 valence electrons. The lowest BCUT2D eigenvalue weighted by Gasteiger charge is -2.35. The lowest BCUT2D eigenvalue weighted by molar-refractivity contribution is -0.157. The summed E-state index contributed by atoms with van der Waals surface area (Å²) in [4.78, 5) is 26.7. The summed E-state index contributed by atoms with van der Waals surface area (Å²) < 4.78 is 16.3. The average molecular weight is 394 g/mol. The van der Waals surface area contributed by atoms with Gasteiger partial charge in [0, 0.05) is 14.6 Å². The van der Waals surface area contributed by atoms with Gasteiger partial charge in [0.05, 0.1) is 26.9 Å². The van der Waals surface area contributed by atoms with Crippen molar-refractivity contribution in [3.8, 4) is 0 Å². The molecule has 1 saturated heterocycles. The Morgan fingerprint density at radius 2 is 1.89 bits per heavy atom. The molecular formula is C20H31NO5Si. The van der Waals surface area contributed by atoms with Crippen LogP contribution in [0.1, 0.15) is 18.4 Å². The van der Waals surface area contributed by atoms with Crippen LogP contribution >= 0.6 is 0 Å². The number of carbonyl (C=O) groups is 2. The molecule has 1 amide bonds. The highest BCUT2D eigenvalue weighted by Gasteiger charge is 2.52. The van der Waals surface area contributed by atoms with Crippen LogP contribution < -0.4 is 0 Å². The molecule has 1 heterocycles. The predicted octanol–water partition coefficient (Wildman–Crippen LogP) is 3.69. The summed E-state index contributed by atoms with van der Waals surface area (Å²) in [7, 11) is 0.0431. The van der Waals surface area contributed by atoms with E-state index in [0.717, 1.165) is 11.6 Å². The maximum atomic E-state index is 12.7. The molecule has 1 aliphatic heterocycles. The molecule has 2 rings (SSSR count). The quantitative estimate of drug-likeness (QED) is 0.498. The standard InChI is InChI=1S/C20H31NO5Si/c1-24-18(22)20(16-25-15-17-9-6-5-7-10-17)11-8-12-21(20)19(23)26-13-14-27(2,3)4/h5-7,9-10H,8,11-16H2,1-4H3. The summed E-state index contributed by atoms with van der Waals surface area (Å²) in [5.74, 6) is -0.449. The van der Waals surface area contributed by atoms with Crippen LogP contribution in [-0.2, 0) is 25.6 Å². The minimum atomic E-state index is -1.30. The fraction of sp³-hybridized carbons (Fsp3) is 0.600. The first-order valence-electron chi connectivity index (χ1n) is 9.43. The Morgan fingerprint density at radius 1 is 1.19 bits per heavy atom. The van der Waals surface area contributed by atoms with Gasteiger partial charge in [-0.2, -0.15) is 0 Å². The fourth-order valence-electron chi connectivity index (χ4n) is 3.19. The van der Waals surface area contributed by atoms with Gasteiger partial charge < -0.3 is 14.2 Å². The first kappa shape index (κ1) is 21.4. The van der Waals surface area contributed by atoms with Crippen molar-refractivity contribution in [3.63, 3.8) is 0 Å². The number of hydrogen-bond acceptors (Lipinski definition) is 5. The molecule has 0 radical (unpaired) electrons. The third-order valence-electron chi connectivity index (χ3n) is 4.80. The number of methoxy groups -OCH3 is 1. The van der Waals surface area contributed by atoms with Crippen LogP contribution in [0.3, 0.4) is 0 Å². The highest BCUT2D eigenvalue weighted by molar-refractivity contribution is 6.76. The molecule has 1 aromatic carbocycles. The summed E-state index contributed by atoms with van der Waals surface area (Å²) in [6.07, 6.45) is 0.768. The molecule has 0 N–H and O–H groups in total. The van der Waals surface area contributed by atoms with Crippen LogP contribution in [0, 0.1) is 0 Å². The Kier molecular flexibility index (Phi) is 7.44. The van der Waals surface area contributed by atoms with Crippen LogP contribution in [-0.4, -0.2) is 57.4 Å². The minimum absolute atomic E-state index is 0.0949. The van der Waals surface area contributed by atoms with Crippen molar-refractivity contribution >= 4 is 20.1 Å². The molecule has 27 heavy (non-hydrogen) atoms. The largest absolute Gasteiger partial charge is 0.467 e. The third kappa shape index (κ3) is 5.81. The third-order valence-corrected chi connectivity index (χ3v) is 6.51. The van der Waals surface area contributed by atoms with E-state index >= 15 is 0 Å². The predicted molar refractivity (Wildman–Crippen MR) is 106 cm³/mol. The Hall–Kier alpha value is -1.86.